The Labute approximate surface area is 175 Å². The van der Waals surface area contributed by atoms with Gasteiger partial charge in [-0.2, -0.15) is 4.98 Å². The fourth-order valence-corrected chi connectivity index (χ4v) is 4.29. The Morgan fingerprint density at radius 2 is 1.76 bits per heavy atom. The first kappa shape index (κ1) is 19.6. The van der Waals surface area contributed by atoms with E-state index in [1.165, 1.54) is 28.5 Å². The zero-order valence-electron chi connectivity index (χ0n) is 16.5. The van der Waals surface area contributed by atoms with E-state index in [2.05, 4.69) is 43.1 Å². The average molecular weight is 430 g/mol. The van der Waals surface area contributed by atoms with Crippen molar-refractivity contribution in [2.45, 2.75) is 26.3 Å². The standard InChI is InChI=1S/C20H20ClN5O2S/c1-11(2)12-5-7-13(8-6-12)17-22-14(10-29-17)9-26-15-16(23-19(26)21)24(3)20(28)25(4)18(15)27/h5-8,10-11H,9H2,1-4H3. The zero-order valence-corrected chi connectivity index (χ0v) is 18.1. The van der Waals surface area contributed by atoms with E-state index in [9.17, 15) is 9.59 Å². The summed E-state index contributed by atoms with van der Waals surface area (Å²) >= 11 is 7.84. The van der Waals surface area contributed by atoms with Crippen LogP contribution in [0.4, 0.5) is 0 Å². The number of benzene rings is 1. The average Bonchev–Trinajstić information content (AvgIpc) is 3.30. The molecule has 0 bridgehead atoms. The molecule has 0 atom stereocenters. The maximum atomic E-state index is 12.7. The van der Waals surface area contributed by atoms with Crippen LogP contribution in [0.2, 0.25) is 5.28 Å². The Morgan fingerprint density at radius 1 is 1.07 bits per heavy atom. The van der Waals surface area contributed by atoms with Crippen molar-refractivity contribution in [1.82, 2.24) is 23.7 Å². The molecule has 3 heterocycles. The van der Waals surface area contributed by atoms with Crippen molar-refractivity contribution in [3.63, 3.8) is 0 Å². The van der Waals surface area contributed by atoms with E-state index in [1.54, 1.807) is 11.6 Å². The third kappa shape index (κ3) is 3.32. The van der Waals surface area contributed by atoms with Gasteiger partial charge < -0.3 is 4.57 Å². The van der Waals surface area contributed by atoms with E-state index < -0.39 is 11.2 Å². The molecule has 0 saturated carbocycles. The van der Waals surface area contributed by atoms with Crippen LogP contribution in [0.15, 0.2) is 39.2 Å². The van der Waals surface area contributed by atoms with Crippen LogP contribution < -0.4 is 11.2 Å². The number of aromatic nitrogens is 5. The summed E-state index contributed by atoms with van der Waals surface area (Å²) in [5.41, 5.74) is 2.79. The van der Waals surface area contributed by atoms with Crippen LogP contribution in [0.3, 0.4) is 0 Å². The molecule has 0 aliphatic rings. The summed E-state index contributed by atoms with van der Waals surface area (Å²) in [5, 5.41) is 2.99. The van der Waals surface area contributed by atoms with Crippen LogP contribution in [0.5, 0.6) is 0 Å². The van der Waals surface area contributed by atoms with Gasteiger partial charge in [0.2, 0.25) is 5.28 Å². The summed E-state index contributed by atoms with van der Waals surface area (Å²) in [4.78, 5) is 33.7. The number of nitrogens with zero attached hydrogens (tertiary/aromatic N) is 5. The summed E-state index contributed by atoms with van der Waals surface area (Å²) in [6.07, 6.45) is 0. The van der Waals surface area contributed by atoms with E-state index in [4.69, 9.17) is 16.6 Å². The maximum absolute atomic E-state index is 12.7. The Morgan fingerprint density at radius 3 is 2.41 bits per heavy atom. The van der Waals surface area contributed by atoms with Gasteiger partial charge in [0.25, 0.3) is 5.56 Å². The minimum Gasteiger partial charge on any atom is -0.303 e. The zero-order chi connectivity index (χ0) is 20.9. The molecule has 9 heteroatoms. The van der Waals surface area contributed by atoms with Gasteiger partial charge in [-0.25, -0.2) is 9.78 Å². The molecule has 0 fully saturated rings. The summed E-state index contributed by atoms with van der Waals surface area (Å²) in [6, 6.07) is 8.38. The number of aryl methyl sites for hydroxylation is 1. The molecule has 0 radical (unpaired) electrons. The number of hydrogen-bond acceptors (Lipinski definition) is 5. The third-order valence-corrected chi connectivity index (χ3v) is 6.23. The van der Waals surface area contributed by atoms with Crippen LogP contribution in [0.1, 0.15) is 31.0 Å². The van der Waals surface area contributed by atoms with Crippen molar-refractivity contribution in [3.8, 4) is 10.6 Å². The van der Waals surface area contributed by atoms with Crippen LogP contribution in [0, 0.1) is 0 Å². The number of halogens is 1. The van der Waals surface area contributed by atoms with Gasteiger partial charge in [-0.3, -0.25) is 13.9 Å². The molecule has 0 aliphatic carbocycles. The molecule has 29 heavy (non-hydrogen) atoms. The fourth-order valence-electron chi connectivity index (χ4n) is 3.25. The highest BCUT2D eigenvalue weighted by atomic mass is 35.5. The molecular weight excluding hydrogens is 410 g/mol. The molecular formula is C20H20ClN5O2S. The van der Waals surface area contributed by atoms with E-state index in [0.717, 1.165) is 20.8 Å². The summed E-state index contributed by atoms with van der Waals surface area (Å²) in [5.74, 6) is 0.478. The number of hydrogen-bond donors (Lipinski definition) is 0. The molecule has 0 amide bonds. The molecule has 3 aromatic heterocycles. The summed E-state index contributed by atoms with van der Waals surface area (Å²) in [6.45, 7) is 4.62. The highest BCUT2D eigenvalue weighted by Gasteiger charge is 2.19. The van der Waals surface area contributed by atoms with Crippen LogP contribution in [-0.2, 0) is 20.6 Å². The van der Waals surface area contributed by atoms with Gasteiger partial charge in [-0.05, 0) is 23.1 Å². The highest BCUT2D eigenvalue weighted by molar-refractivity contribution is 7.13. The molecule has 1 aromatic carbocycles. The first-order chi connectivity index (χ1) is 13.8. The van der Waals surface area contributed by atoms with Crippen LogP contribution in [-0.4, -0.2) is 23.7 Å². The lowest BCUT2D eigenvalue weighted by atomic mass is 10.0. The van der Waals surface area contributed by atoms with Crippen molar-refractivity contribution < 1.29 is 0 Å². The number of thiazole rings is 1. The normalized spacial score (nSPS) is 11.7. The molecule has 0 spiro atoms. The van der Waals surface area contributed by atoms with E-state index in [1.807, 2.05) is 5.38 Å². The number of rotatable bonds is 4. The Kier molecular flexibility index (Phi) is 4.92. The maximum Gasteiger partial charge on any atom is 0.332 e. The molecule has 0 saturated heterocycles. The minimum absolute atomic E-state index is 0.147. The van der Waals surface area contributed by atoms with Crippen molar-refractivity contribution in [1.29, 1.82) is 0 Å². The first-order valence-corrected chi connectivity index (χ1v) is 10.4. The molecule has 0 N–H and O–H groups in total. The molecule has 0 unspecified atom stereocenters. The van der Waals surface area contributed by atoms with Crippen molar-refractivity contribution in [2.75, 3.05) is 0 Å². The van der Waals surface area contributed by atoms with E-state index in [0.29, 0.717) is 12.5 Å². The lowest BCUT2D eigenvalue weighted by Gasteiger charge is -2.06. The van der Waals surface area contributed by atoms with E-state index >= 15 is 0 Å². The molecule has 4 aromatic rings. The Bertz CT molecular complexity index is 1330. The Hall–Kier alpha value is -2.71. The van der Waals surface area contributed by atoms with Gasteiger partial charge in [-0.15, -0.1) is 11.3 Å². The van der Waals surface area contributed by atoms with Gasteiger partial charge in [-0.1, -0.05) is 38.1 Å². The Balaban J connectivity index is 1.73. The topological polar surface area (TPSA) is 74.7 Å². The quantitative estimate of drug-likeness (QED) is 0.466. The summed E-state index contributed by atoms with van der Waals surface area (Å²) in [7, 11) is 3.01. The lowest BCUT2D eigenvalue weighted by Crippen LogP contribution is -2.37. The van der Waals surface area contributed by atoms with Crippen molar-refractivity contribution in [2.24, 2.45) is 14.1 Å². The smallest absolute Gasteiger partial charge is 0.303 e. The van der Waals surface area contributed by atoms with Crippen molar-refractivity contribution in [3.05, 3.63) is 67.0 Å². The van der Waals surface area contributed by atoms with Gasteiger partial charge in [0.15, 0.2) is 11.2 Å². The summed E-state index contributed by atoms with van der Waals surface area (Å²) < 4.78 is 3.97. The van der Waals surface area contributed by atoms with Gasteiger partial charge in [0.05, 0.1) is 12.2 Å². The van der Waals surface area contributed by atoms with Gasteiger partial charge in [0.1, 0.15) is 5.01 Å². The minimum atomic E-state index is -0.440. The molecule has 0 aliphatic heterocycles. The fraction of sp³-hybridized carbons (Fsp3) is 0.300. The second-order valence-corrected chi connectivity index (χ2v) is 8.46. The van der Waals surface area contributed by atoms with Crippen LogP contribution >= 0.6 is 22.9 Å². The first-order valence-electron chi connectivity index (χ1n) is 9.14. The molecule has 7 nitrogen and oxygen atoms in total. The highest BCUT2D eigenvalue weighted by Crippen LogP contribution is 2.27. The number of fused-ring (bicyclic) bond motifs is 1. The monoisotopic (exact) mass is 429 g/mol. The van der Waals surface area contributed by atoms with Crippen LogP contribution in [0.25, 0.3) is 21.7 Å². The van der Waals surface area contributed by atoms with E-state index in [-0.39, 0.29) is 16.4 Å². The second kappa shape index (κ2) is 7.27. The second-order valence-electron chi connectivity index (χ2n) is 7.27. The van der Waals surface area contributed by atoms with Gasteiger partial charge in [0, 0.05) is 25.0 Å². The predicted molar refractivity (Wildman–Crippen MR) is 116 cm³/mol. The SMILES string of the molecule is CC(C)c1ccc(-c2nc(Cn3c(Cl)nc4c3c(=O)n(C)c(=O)n4C)cs2)cc1. The number of imidazole rings is 1. The predicted octanol–water partition coefficient (Wildman–Crippen LogP) is 3.38. The third-order valence-electron chi connectivity index (χ3n) is 5.00. The molecule has 150 valence electrons. The van der Waals surface area contributed by atoms with Crippen molar-refractivity contribution >= 4 is 34.1 Å². The van der Waals surface area contributed by atoms with Gasteiger partial charge >= 0.3 is 5.69 Å². The largest absolute Gasteiger partial charge is 0.332 e. The molecule has 4 rings (SSSR count). The lowest BCUT2D eigenvalue weighted by molar-refractivity contribution is 0.701.